The molecule has 0 aliphatic carbocycles. The third-order valence-electron chi connectivity index (χ3n) is 4.91. The summed E-state index contributed by atoms with van der Waals surface area (Å²) in [6.07, 6.45) is 4.03. The van der Waals surface area contributed by atoms with Gasteiger partial charge in [-0.15, -0.1) is 0 Å². The summed E-state index contributed by atoms with van der Waals surface area (Å²) in [5, 5.41) is 8.96. The van der Waals surface area contributed by atoms with Gasteiger partial charge >= 0.3 is 0 Å². The molecule has 3 heteroatoms. The maximum atomic E-state index is 8.96. The first-order valence-corrected chi connectivity index (χ1v) is 9.21. The lowest BCUT2D eigenvalue weighted by molar-refractivity contribution is 0.208. The van der Waals surface area contributed by atoms with E-state index in [1.165, 1.54) is 11.1 Å². The van der Waals surface area contributed by atoms with Crippen LogP contribution in [0.2, 0.25) is 0 Å². The summed E-state index contributed by atoms with van der Waals surface area (Å²) in [6.45, 7) is 3.89. The number of hydrogen-bond acceptors (Lipinski definition) is 3. The van der Waals surface area contributed by atoms with Gasteiger partial charge in [-0.3, -0.25) is 0 Å². The number of rotatable bonds is 7. The fraction of sp³-hybridized carbons (Fsp3) is 0.409. The molecule has 3 rings (SSSR count). The van der Waals surface area contributed by atoms with Crippen LogP contribution in [0.1, 0.15) is 24.0 Å². The van der Waals surface area contributed by atoms with Crippen molar-refractivity contribution in [2.45, 2.75) is 25.7 Å². The molecule has 0 spiro atoms. The number of benzene rings is 2. The van der Waals surface area contributed by atoms with Crippen LogP contribution >= 0.6 is 0 Å². The van der Waals surface area contributed by atoms with Gasteiger partial charge in [-0.25, -0.2) is 0 Å². The predicted octanol–water partition coefficient (Wildman–Crippen LogP) is 4.09. The molecule has 1 heterocycles. The highest BCUT2D eigenvalue weighted by Crippen LogP contribution is 2.17. The van der Waals surface area contributed by atoms with Crippen LogP contribution in [-0.2, 0) is 12.8 Å². The maximum Gasteiger partial charge on any atom is 0.119 e. The second kappa shape index (κ2) is 9.25. The molecular weight excluding hydrogens is 308 g/mol. The molecule has 1 aliphatic heterocycles. The summed E-state index contributed by atoms with van der Waals surface area (Å²) in [7, 11) is 0. The zero-order valence-electron chi connectivity index (χ0n) is 14.7. The molecule has 0 atom stereocenters. The number of likely N-dealkylation sites (tertiary alicyclic amines) is 1. The van der Waals surface area contributed by atoms with Crippen LogP contribution in [0.5, 0.6) is 5.75 Å². The van der Waals surface area contributed by atoms with Gasteiger partial charge < -0.3 is 9.64 Å². The Labute approximate surface area is 150 Å². The number of nitrogens with zero attached hydrogens (tertiary/aromatic N) is 2. The van der Waals surface area contributed by atoms with E-state index in [9.17, 15) is 0 Å². The third kappa shape index (κ3) is 5.62. The van der Waals surface area contributed by atoms with Gasteiger partial charge in [0.05, 0.1) is 12.7 Å². The highest BCUT2D eigenvalue weighted by Gasteiger charge is 2.18. The maximum absolute atomic E-state index is 8.96. The molecule has 1 fully saturated rings. The average molecular weight is 334 g/mol. The minimum Gasteiger partial charge on any atom is -0.493 e. The van der Waals surface area contributed by atoms with E-state index in [0.717, 1.165) is 51.1 Å². The molecule has 2 aromatic carbocycles. The highest BCUT2D eigenvalue weighted by atomic mass is 16.5. The van der Waals surface area contributed by atoms with Crippen LogP contribution in [0, 0.1) is 17.2 Å². The lowest BCUT2D eigenvalue weighted by Gasteiger charge is -2.28. The molecule has 25 heavy (non-hydrogen) atoms. The van der Waals surface area contributed by atoms with E-state index < -0.39 is 0 Å². The van der Waals surface area contributed by atoms with Gasteiger partial charge in [0.2, 0.25) is 0 Å². The Morgan fingerprint density at radius 2 is 1.60 bits per heavy atom. The number of nitriles is 1. The van der Waals surface area contributed by atoms with E-state index >= 15 is 0 Å². The molecular formula is C22H26N2O. The minimum absolute atomic E-state index is 0.267. The van der Waals surface area contributed by atoms with Gasteiger partial charge in [-0.2, -0.15) is 5.26 Å². The molecule has 1 aliphatic rings. The summed E-state index contributed by atoms with van der Waals surface area (Å²) in [5.74, 6) is 1.21. The average Bonchev–Trinajstić information content (AvgIpc) is 2.68. The Morgan fingerprint density at radius 3 is 2.28 bits per heavy atom. The van der Waals surface area contributed by atoms with Gasteiger partial charge in [-0.1, -0.05) is 42.5 Å². The summed E-state index contributed by atoms with van der Waals surface area (Å²) in [4.78, 5) is 2.47. The molecule has 3 nitrogen and oxygen atoms in total. The van der Waals surface area contributed by atoms with Gasteiger partial charge in [-0.05, 0) is 55.6 Å². The minimum atomic E-state index is 0.267. The first kappa shape index (κ1) is 17.5. The fourth-order valence-electron chi connectivity index (χ4n) is 3.26. The lowest BCUT2D eigenvalue weighted by atomic mass is 9.98. The fourth-order valence-corrected chi connectivity index (χ4v) is 3.26. The van der Waals surface area contributed by atoms with Crippen molar-refractivity contribution in [3.05, 3.63) is 65.7 Å². The Morgan fingerprint density at radius 1 is 0.920 bits per heavy atom. The van der Waals surface area contributed by atoms with Crippen molar-refractivity contribution in [3.63, 3.8) is 0 Å². The molecule has 0 N–H and O–H groups in total. The van der Waals surface area contributed by atoms with Gasteiger partial charge in [0, 0.05) is 18.9 Å². The second-order valence-corrected chi connectivity index (χ2v) is 6.72. The first-order valence-electron chi connectivity index (χ1n) is 9.21. The quantitative estimate of drug-likeness (QED) is 0.765. The van der Waals surface area contributed by atoms with Crippen LogP contribution in [0.15, 0.2) is 54.6 Å². The highest BCUT2D eigenvalue weighted by molar-refractivity contribution is 5.27. The molecule has 0 aromatic heterocycles. The van der Waals surface area contributed by atoms with E-state index in [0.29, 0.717) is 6.61 Å². The van der Waals surface area contributed by atoms with Crippen LogP contribution in [0.3, 0.4) is 0 Å². The second-order valence-electron chi connectivity index (χ2n) is 6.72. The van der Waals surface area contributed by atoms with Gasteiger partial charge in [0.1, 0.15) is 5.75 Å². The first-order chi connectivity index (χ1) is 12.3. The lowest BCUT2D eigenvalue weighted by Crippen LogP contribution is -2.34. The van der Waals surface area contributed by atoms with Crippen molar-refractivity contribution in [3.8, 4) is 11.8 Å². The van der Waals surface area contributed by atoms with Crippen molar-refractivity contribution in [1.82, 2.24) is 4.90 Å². The largest absolute Gasteiger partial charge is 0.493 e. The zero-order chi connectivity index (χ0) is 17.3. The monoisotopic (exact) mass is 334 g/mol. The van der Waals surface area contributed by atoms with Crippen molar-refractivity contribution in [2.24, 2.45) is 5.92 Å². The SMILES string of the molecule is N#CC1CCN(CCc2ccc(OCCc3ccccc3)cc2)CC1. The zero-order valence-corrected chi connectivity index (χ0v) is 14.7. The van der Waals surface area contributed by atoms with Crippen molar-refractivity contribution >= 4 is 0 Å². The van der Waals surface area contributed by atoms with Gasteiger partial charge in [0.25, 0.3) is 0 Å². The summed E-state index contributed by atoms with van der Waals surface area (Å²) >= 11 is 0. The van der Waals surface area contributed by atoms with Crippen molar-refractivity contribution < 1.29 is 4.74 Å². The summed E-state index contributed by atoms with van der Waals surface area (Å²) < 4.78 is 5.84. The van der Waals surface area contributed by atoms with E-state index in [2.05, 4.69) is 59.5 Å². The van der Waals surface area contributed by atoms with Gasteiger partial charge in [0.15, 0.2) is 0 Å². The van der Waals surface area contributed by atoms with E-state index in [-0.39, 0.29) is 5.92 Å². The van der Waals surface area contributed by atoms with E-state index in [4.69, 9.17) is 10.00 Å². The number of ether oxygens (including phenoxy) is 1. The van der Waals surface area contributed by atoms with Crippen LogP contribution in [0.4, 0.5) is 0 Å². The molecule has 0 saturated carbocycles. The van der Waals surface area contributed by atoms with Crippen LogP contribution < -0.4 is 4.74 Å². The standard InChI is InChI=1S/C22H26N2O/c23-18-21-11-15-24(16-12-21)14-10-20-6-8-22(9-7-20)25-17-13-19-4-2-1-3-5-19/h1-9,21H,10-17H2. The molecule has 0 unspecified atom stereocenters. The number of piperidine rings is 1. The molecule has 0 bridgehead atoms. The smallest absolute Gasteiger partial charge is 0.119 e. The van der Waals surface area contributed by atoms with Crippen molar-refractivity contribution in [2.75, 3.05) is 26.2 Å². The molecule has 0 amide bonds. The third-order valence-corrected chi connectivity index (χ3v) is 4.91. The normalized spacial score (nSPS) is 15.6. The van der Waals surface area contributed by atoms with E-state index in [1.54, 1.807) is 0 Å². The molecule has 1 saturated heterocycles. The summed E-state index contributed by atoms with van der Waals surface area (Å²) in [5.41, 5.74) is 2.65. The molecule has 0 radical (unpaired) electrons. The molecule has 130 valence electrons. The Kier molecular flexibility index (Phi) is 6.48. The Hall–Kier alpha value is -2.31. The van der Waals surface area contributed by atoms with E-state index in [1.807, 2.05) is 6.07 Å². The predicted molar refractivity (Wildman–Crippen MR) is 101 cm³/mol. The topological polar surface area (TPSA) is 36.3 Å². The van der Waals surface area contributed by atoms with Crippen LogP contribution in [-0.4, -0.2) is 31.1 Å². The number of hydrogen-bond donors (Lipinski definition) is 0. The van der Waals surface area contributed by atoms with Crippen molar-refractivity contribution in [1.29, 1.82) is 5.26 Å². The Bertz CT molecular complexity index is 667. The Balaban J connectivity index is 1.38. The molecule has 2 aromatic rings. The summed E-state index contributed by atoms with van der Waals surface area (Å²) in [6, 6.07) is 21.3. The van der Waals surface area contributed by atoms with Crippen LogP contribution in [0.25, 0.3) is 0 Å².